The number of hydrogen-bond donors (Lipinski definition) is 5. The lowest BCUT2D eigenvalue weighted by atomic mass is 10.0. The number of rotatable bonds is 32. The van der Waals surface area contributed by atoms with E-state index in [1.54, 1.807) is 19.1 Å². The fourth-order valence-electron chi connectivity index (χ4n) is 5.37. The van der Waals surface area contributed by atoms with Gasteiger partial charge in [-0.2, -0.15) is 0 Å². The first-order chi connectivity index (χ1) is 26.0. The van der Waals surface area contributed by atoms with Gasteiger partial charge in [-0.05, 0) is 43.9 Å². The highest BCUT2D eigenvalue weighted by atomic mass is 32.2. The van der Waals surface area contributed by atoms with Gasteiger partial charge in [0.2, 0.25) is 11.9 Å². The Bertz CT molecular complexity index is 1490. The van der Waals surface area contributed by atoms with Crippen LogP contribution >= 0.6 is 0 Å². The zero-order chi connectivity index (χ0) is 39.4. The number of sulfonamides is 1. The van der Waals surface area contributed by atoms with Crippen LogP contribution in [0.15, 0.2) is 41.6 Å². The van der Waals surface area contributed by atoms with Crippen LogP contribution in [0.5, 0.6) is 0 Å². The van der Waals surface area contributed by atoms with E-state index in [4.69, 9.17) is 24.4 Å². The summed E-state index contributed by atoms with van der Waals surface area (Å²) in [7, 11) is -3.95. The van der Waals surface area contributed by atoms with Gasteiger partial charge in [0.15, 0.2) is 6.23 Å². The van der Waals surface area contributed by atoms with E-state index in [9.17, 15) is 27.6 Å². The number of ether oxygens (including phenoxy) is 3. The maximum atomic E-state index is 12.9. The number of carboxylic acids is 2. The van der Waals surface area contributed by atoms with Gasteiger partial charge in [0.25, 0.3) is 15.9 Å². The van der Waals surface area contributed by atoms with Crippen LogP contribution in [0.25, 0.3) is 0 Å². The van der Waals surface area contributed by atoms with Crippen LogP contribution in [0.4, 0.5) is 5.95 Å². The molecular formula is C37H57N5O11S. The first-order valence-electron chi connectivity index (χ1n) is 18.7. The second-order valence-electron chi connectivity index (χ2n) is 12.8. The molecule has 0 aliphatic carbocycles. The molecule has 0 spiro atoms. The van der Waals surface area contributed by atoms with E-state index in [0.717, 1.165) is 44.1 Å². The topological polar surface area (TPSA) is 232 Å². The van der Waals surface area contributed by atoms with Crippen LogP contribution in [0.3, 0.4) is 0 Å². The highest BCUT2D eigenvalue weighted by Gasteiger charge is 2.17. The normalized spacial score (nSPS) is 11.9. The first-order valence-corrected chi connectivity index (χ1v) is 20.2. The van der Waals surface area contributed by atoms with E-state index in [-0.39, 0.29) is 55.8 Å². The molecule has 302 valence electrons. The fraction of sp³-hybridized carbons (Fsp3) is 0.622. The molecule has 5 N–H and O–H groups in total. The molecule has 1 unspecified atom stereocenters. The molecule has 2 aromatic rings. The molecule has 0 fully saturated rings. The molecule has 0 radical (unpaired) electrons. The van der Waals surface area contributed by atoms with Crippen molar-refractivity contribution in [2.45, 2.75) is 114 Å². The van der Waals surface area contributed by atoms with E-state index in [2.05, 4.69) is 25.3 Å². The molecule has 1 aromatic carbocycles. The maximum absolute atomic E-state index is 12.9. The molecule has 0 aliphatic rings. The minimum Gasteiger partial charge on any atom is -0.481 e. The zero-order valence-corrected chi connectivity index (χ0v) is 32.1. The van der Waals surface area contributed by atoms with E-state index in [1.165, 1.54) is 63.8 Å². The molecule has 1 aromatic heterocycles. The summed E-state index contributed by atoms with van der Waals surface area (Å²) >= 11 is 0. The fourth-order valence-corrected chi connectivity index (χ4v) is 6.33. The predicted octanol–water partition coefficient (Wildman–Crippen LogP) is 4.69. The Hall–Kier alpha value is -4.19. The standard InChI is InChI=1S/C37H57N5O11S/c1-2-53-33(27-52-28-35(46)47)41-32(43)26-51-23-22-38-36(48)30-24-39-37(40-25-30)42-54(49,50)31-20-18-29(19-21-31)16-14-12-10-8-6-4-3-5-7-9-11-13-15-17-34(44)45/h18-21,24-25,33H,2-17,22-23,26-28H2,1H3,(H,38,48)(H,41,43)(H,44,45)(H,46,47)(H,39,40,42). The molecular weight excluding hydrogens is 722 g/mol. The summed E-state index contributed by atoms with van der Waals surface area (Å²) in [5.74, 6) is -3.08. The molecule has 17 heteroatoms. The minimum atomic E-state index is -3.95. The van der Waals surface area contributed by atoms with E-state index in [0.29, 0.717) is 0 Å². The van der Waals surface area contributed by atoms with Gasteiger partial charge in [-0.3, -0.25) is 14.4 Å². The van der Waals surface area contributed by atoms with Gasteiger partial charge >= 0.3 is 11.9 Å². The Kier molecular flexibility index (Phi) is 23.3. The number of aromatic nitrogens is 2. The summed E-state index contributed by atoms with van der Waals surface area (Å²) in [6.45, 7) is 1.05. The summed E-state index contributed by atoms with van der Waals surface area (Å²) in [6, 6.07) is 6.72. The Morgan fingerprint density at radius 3 is 1.89 bits per heavy atom. The van der Waals surface area contributed by atoms with Crippen molar-refractivity contribution in [1.82, 2.24) is 20.6 Å². The van der Waals surface area contributed by atoms with E-state index >= 15 is 0 Å². The molecule has 1 heterocycles. The van der Waals surface area contributed by atoms with Gasteiger partial charge in [0, 0.05) is 32.0 Å². The highest BCUT2D eigenvalue weighted by Crippen LogP contribution is 2.17. The molecule has 0 saturated carbocycles. The molecule has 0 saturated heterocycles. The maximum Gasteiger partial charge on any atom is 0.329 e. The second-order valence-corrected chi connectivity index (χ2v) is 14.4. The predicted molar refractivity (Wildman–Crippen MR) is 200 cm³/mol. The number of benzene rings is 1. The van der Waals surface area contributed by atoms with Crippen LogP contribution in [0.1, 0.15) is 113 Å². The Morgan fingerprint density at radius 2 is 1.33 bits per heavy atom. The van der Waals surface area contributed by atoms with Crippen molar-refractivity contribution < 1.29 is 52.0 Å². The van der Waals surface area contributed by atoms with Crippen molar-refractivity contribution in [3.63, 3.8) is 0 Å². The van der Waals surface area contributed by atoms with Crippen molar-refractivity contribution in [1.29, 1.82) is 0 Å². The van der Waals surface area contributed by atoms with E-state index < -0.39 is 46.6 Å². The van der Waals surface area contributed by atoms with Gasteiger partial charge in [0.05, 0.1) is 23.7 Å². The summed E-state index contributed by atoms with van der Waals surface area (Å²) in [4.78, 5) is 53.6. The van der Waals surface area contributed by atoms with Crippen molar-refractivity contribution in [2.24, 2.45) is 0 Å². The van der Waals surface area contributed by atoms with Crippen LogP contribution in [0.2, 0.25) is 0 Å². The van der Waals surface area contributed by atoms with Crippen molar-refractivity contribution in [3.05, 3.63) is 47.8 Å². The van der Waals surface area contributed by atoms with Crippen LogP contribution in [-0.4, -0.2) is 98.2 Å². The van der Waals surface area contributed by atoms with Crippen LogP contribution in [-0.2, 0) is 45.0 Å². The molecule has 2 rings (SSSR count). The van der Waals surface area contributed by atoms with Crippen molar-refractivity contribution >= 4 is 39.7 Å². The summed E-state index contributed by atoms with van der Waals surface area (Å²) in [5, 5.41) is 22.4. The smallest absolute Gasteiger partial charge is 0.329 e. The van der Waals surface area contributed by atoms with Crippen molar-refractivity contribution in [3.8, 4) is 0 Å². The lowest BCUT2D eigenvalue weighted by Gasteiger charge is -2.18. The van der Waals surface area contributed by atoms with Crippen LogP contribution in [0, 0.1) is 0 Å². The number of amides is 2. The lowest BCUT2D eigenvalue weighted by molar-refractivity contribution is -0.145. The average Bonchev–Trinajstić information content (AvgIpc) is 3.13. The largest absolute Gasteiger partial charge is 0.481 e. The number of carbonyl (C=O) groups excluding carboxylic acids is 2. The number of nitrogens with zero attached hydrogens (tertiary/aromatic N) is 2. The number of carbonyl (C=O) groups is 4. The van der Waals surface area contributed by atoms with Gasteiger partial charge in [0.1, 0.15) is 13.2 Å². The second kappa shape index (κ2) is 27.4. The third kappa shape index (κ3) is 21.5. The molecule has 54 heavy (non-hydrogen) atoms. The van der Waals surface area contributed by atoms with Gasteiger partial charge in [-0.1, -0.05) is 82.8 Å². The molecule has 0 aliphatic heterocycles. The highest BCUT2D eigenvalue weighted by molar-refractivity contribution is 7.92. The number of nitrogens with one attached hydrogen (secondary N) is 3. The summed E-state index contributed by atoms with van der Waals surface area (Å²) in [6.07, 6.45) is 17.6. The third-order valence-electron chi connectivity index (χ3n) is 8.18. The Labute approximate surface area is 318 Å². The molecule has 16 nitrogen and oxygen atoms in total. The quantitative estimate of drug-likeness (QED) is 0.0502. The first kappa shape index (κ1) is 46.0. The lowest BCUT2D eigenvalue weighted by Crippen LogP contribution is -2.42. The van der Waals surface area contributed by atoms with Gasteiger partial charge < -0.3 is 35.1 Å². The van der Waals surface area contributed by atoms with Gasteiger partial charge in [-0.15, -0.1) is 0 Å². The van der Waals surface area contributed by atoms with Crippen LogP contribution < -0.4 is 15.4 Å². The minimum absolute atomic E-state index is 0.00876. The number of aliphatic carboxylic acids is 2. The van der Waals surface area contributed by atoms with Gasteiger partial charge in [-0.25, -0.2) is 27.9 Å². The number of aryl methyl sites for hydroxylation is 1. The SMILES string of the molecule is CCOC(COCC(=O)O)NC(=O)COCCNC(=O)c1cnc(NS(=O)(=O)c2ccc(CCCCCCCCCCCCCCCC(=O)O)cc2)nc1. The third-order valence-corrected chi connectivity index (χ3v) is 9.52. The number of carboxylic acid groups (broad SMARTS) is 2. The molecule has 0 bridgehead atoms. The Morgan fingerprint density at radius 1 is 0.759 bits per heavy atom. The zero-order valence-electron chi connectivity index (χ0n) is 31.3. The van der Waals surface area contributed by atoms with Crippen molar-refractivity contribution in [2.75, 3.05) is 44.3 Å². The summed E-state index contributed by atoms with van der Waals surface area (Å²) < 4.78 is 43.6. The number of unbranched alkanes of at least 4 members (excludes halogenated alkanes) is 12. The number of anilines is 1. The molecule has 2 amide bonds. The Balaban J connectivity index is 1.59. The average molecular weight is 780 g/mol. The molecule has 1 atom stereocenters. The van der Waals surface area contributed by atoms with E-state index in [1.807, 2.05) is 12.1 Å². The number of hydrogen-bond acceptors (Lipinski definition) is 11. The monoisotopic (exact) mass is 779 g/mol. The summed E-state index contributed by atoms with van der Waals surface area (Å²) in [5.41, 5.74) is 1.16.